The van der Waals surface area contributed by atoms with Crippen LogP contribution in [0.3, 0.4) is 0 Å². The first-order valence-corrected chi connectivity index (χ1v) is 7.82. The van der Waals surface area contributed by atoms with Gasteiger partial charge in [-0.3, -0.25) is 4.79 Å². The predicted octanol–water partition coefficient (Wildman–Crippen LogP) is 1.69. The summed E-state index contributed by atoms with van der Waals surface area (Å²) < 4.78 is 39.4. The lowest BCUT2D eigenvalue weighted by atomic mass is 10.2. The Morgan fingerprint density at radius 2 is 1.96 bits per heavy atom. The molecule has 0 bridgehead atoms. The van der Waals surface area contributed by atoms with Gasteiger partial charge in [0.15, 0.2) is 0 Å². The van der Waals surface area contributed by atoms with Gasteiger partial charge in [0.25, 0.3) is 0 Å². The third-order valence-electron chi connectivity index (χ3n) is 3.85. The van der Waals surface area contributed by atoms with Crippen molar-refractivity contribution in [3.63, 3.8) is 0 Å². The molecule has 0 aliphatic carbocycles. The first kappa shape index (κ1) is 17.5. The van der Waals surface area contributed by atoms with Crippen molar-refractivity contribution in [2.24, 2.45) is 0 Å². The Morgan fingerprint density at radius 1 is 1.24 bits per heavy atom. The van der Waals surface area contributed by atoms with Gasteiger partial charge in [0, 0.05) is 38.6 Å². The summed E-state index contributed by atoms with van der Waals surface area (Å²) in [7, 11) is 0. The van der Waals surface area contributed by atoms with Crippen LogP contribution < -0.4 is 4.90 Å². The van der Waals surface area contributed by atoms with E-state index >= 15 is 0 Å². The van der Waals surface area contributed by atoms with E-state index in [9.17, 15) is 18.0 Å². The normalized spacial score (nSPS) is 15.5. The summed E-state index contributed by atoms with van der Waals surface area (Å²) in [4.78, 5) is 19.5. The van der Waals surface area contributed by atoms with Crippen LogP contribution in [0.1, 0.15) is 5.56 Å². The predicted molar refractivity (Wildman–Crippen MR) is 83.1 cm³/mol. The zero-order valence-electron chi connectivity index (χ0n) is 12.9. The van der Waals surface area contributed by atoms with E-state index in [1.807, 2.05) is 0 Å². The summed E-state index contributed by atoms with van der Waals surface area (Å²) >= 11 is 5.96. The topological polar surface area (TPSA) is 67.2 Å². The number of amides is 1. The molecule has 25 heavy (non-hydrogen) atoms. The van der Waals surface area contributed by atoms with E-state index in [2.05, 4.69) is 15.3 Å². The highest BCUT2D eigenvalue weighted by Gasteiger charge is 2.32. The number of alkyl halides is 3. The van der Waals surface area contributed by atoms with Crippen LogP contribution >= 0.6 is 11.6 Å². The fourth-order valence-corrected chi connectivity index (χ4v) is 2.83. The van der Waals surface area contributed by atoms with E-state index in [-0.39, 0.29) is 23.3 Å². The largest absolute Gasteiger partial charge is 0.417 e. The zero-order chi connectivity index (χ0) is 18.0. The van der Waals surface area contributed by atoms with Crippen molar-refractivity contribution in [3.05, 3.63) is 35.2 Å². The molecule has 1 aliphatic rings. The highest BCUT2D eigenvalue weighted by Crippen LogP contribution is 2.33. The van der Waals surface area contributed by atoms with Gasteiger partial charge in [0.1, 0.15) is 12.4 Å². The number of rotatable bonds is 3. The van der Waals surface area contributed by atoms with Gasteiger partial charge in [-0.2, -0.15) is 13.2 Å². The summed E-state index contributed by atoms with van der Waals surface area (Å²) in [5.41, 5.74) is -0.886. The molecular weight excluding hydrogens is 361 g/mol. The first-order chi connectivity index (χ1) is 11.8. The number of hydrogen-bond acceptors (Lipinski definition) is 5. The number of halogens is 4. The van der Waals surface area contributed by atoms with Gasteiger partial charge in [-0.05, 0) is 6.07 Å². The van der Waals surface area contributed by atoms with E-state index in [1.54, 1.807) is 16.0 Å². The molecule has 1 aliphatic heterocycles. The van der Waals surface area contributed by atoms with Gasteiger partial charge in [-0.25, -0.2) is 9.67 Å². The minimum absolute atomic E-state index is 0.0581. The smallest absolute Gasteiger partial charge is 0.352 e. The molecule has 7 nitrogen and oxygen atoms in total. The quantitative estimate of drug-likeness (QED) is 0.818. The number of nitrogens with zero attached hydrogens (tertiary/aromatic N) is 6. The van der Waals surface area contributed by atoms with Crippen molar-refractivity contribution in [1.29, 1.82) is 0 Å². The number of carbonyl (C=O) groups is 1. The van der Waals surface area contributed by atoms with Crippen molar-refractivity contribution >= 4 is 23.3 Å². The summed E-state index contributed by atoms with van der Waals surface area (Å²) in [5, 5.41) is 7.32. The monoisotopic (exact) mass is 374 g/mol. The molecule has 0 saturated carbocycles. The molecule has 0 radical (unpaired) electrons. The van der Waals surface area contributed by atoms with Crippen LogP contribution in [0, 0.1) is 0 Å². The number of hydrogen-bond donors (Lipinski definition) is 0. The molecule has 11 heteroatoms. The SMILES string of the molecule is O=C(Cn1ccnn1)N1CCN(c2ncc(C(F)(F)F)cc2Cl)CC1. The summed E-state index contributed by atoms with van der Waals surface area (Å²) in [6.07, 6.45) is -0.630. The number of anilines is 1. The molecule has 134 valence electrons. The molecule has 2 aromatic heterocycles. The third kappa shape index (κ3) is 4.01. The van der Waals surface area contributed by atoms with Crippen LogP contribution in [0.4, 0.5) is 19.0 Å². The fraction of sp³-hybridized carbons (Fsp3) is 0.429. The molecule has 1 saturated heterocycles. The van der Waals surface area contributed by atoms with Gasteiger partial charge in [0.05, 0.1) is 16.8 Å². The summed E-state index contributed by atoms with van der Waals surface area (Å²) in [6, 6.07) is 0.867. The van der Waals surface area contributed by atoms with Crippen LogP contribution in [0.15, 0.2) is 24.7 Å². The number of piperazine rings is 1. The van der Waals surface area contributed by atoms with E-state index < -0.39 is 11.7 Å². The van der Waals surface area contributed by atoms with Crippen LogP contribution in [-0.2, 0) is 17.5 Å². The van der Waals surface area contributed by atoms with E-state index in [1.165, 1.54) is 10.9 Å². The average molecular weight is 375 g/mol. The fourth-order valence-electron chi connectivity index (χ4n) is 2.54. The van der Waals surface area contributed by atoms with Crippen molar-refractivity contribution < 1.29 is 18.0 Å². The first-order valence-electron chi connectivity index (χ1n) is 7.44. The molecule has 1 fully saturated rings. The van der Waals surface area contributed by atoms with Gasteiger partial charge in [-0.1, -0.05) is 16.8 Å². The Balaban J connectivity index is 1.61. The van der Waals surface area contributed by atoms with Crippen molar-refractivity contribution in [1.82, 2.24) is 24.9 Å². The second-order valence-corrected chi connectivity index (χ2v) is 5.90. The maximum absolute atomic E-state index is 12.7. The maximum atomic E-state index is 12.7. The molecule has 0 unspecified atom stereocenters. The van der Waals surface area contributed by atoms with E-state index in [0.717, 1.165) is 12.3 Å². The molecule has 0 atom stereocenters. The molecule has 3 heterocycles. The molecular formula is C14H14ClF3N6O. The van der Waals surface area contributed by atoms with Crippen LogP contribution in [0.25, 0.3) is 0 Å². The molecule has 0 aromatic carbocycles. The van der Waals surface area contributed by atoms with Crippen LogP contribution in [0.2, 0.25) is 5.02 Å². The van der Waals surface area contributed by atoms with Crippen molar-refractivity contribution in [2.75, 3.05) is 31.1 Å². The summed E-state index contributed by atoms with van der Waals surface area (Å²) in [6.45, 7) is 1.81. The second-order valence-electron chi connectivity index (χ2n) is 5.50. The molecule has 0 spiro atoms. The Morgan fingerprint density at radius 3 is 2.52 bits per heavy atom. The lowest BCUT2D eigenvalue weighted by Crippen LogP contribution is -2.50. The zero-order valence-corrected chi connectivity index (χ0v) is 13.7. The standard InChI is InChI=1S/C14H14ClF3N6O/c15-11-7-10(14(16,17)18)8-19-13(11)23-5-3-22(4-6-23)12(25)9-24-2-1-20-21-24/h1-2,7-8H,3-6,9H2. The summed E-state index contributed by atoms with van der Waals surface area (Å²) in [5.74, 6) is 0.190. The lowest BCUT2D eigenvalue weighted by Gasteiger charge is -2.35. The van der Waals surface area contributed by atoms with E-state index in [0.29, 0.717) is 26.2 Å². The lowest BCUT2D eigenvalue weighted by molar-refractivity contribution is -0.138. The Kier molecular flexibility index (Phi) is 4.80. The Bertz CT molecular complexity index is 744. The van der Waals surface area contributed by atoms with Crippen LogP contribution in [0.5, 0.6) is 0 Å². The van der Waals surface area contributed by atoms with Gasteiger partial charge < -0.3 is 9.80 Å². The molecule has 0 N–H and O–H groups in total. The van der Waals surface area contributed by atoms with Gasteiger partial charge >= 0.3 is 6.18 Å². The third-order valence-corrected chi connectivity index (χ3v) is 4.13. The van der Waals surface area contributed by atoms with Gasteiger partial charge in [-0.15, -0.1) is 5.10 Å². The Labute approximate surface area is 146 Å². The number of pyridine rings is 1. The highest BCUT2D eigenvalue weighted by atomic mass is 35.5. The molecule has 2 aromatic rings. The van der Waals surface area contributed by atoms with Crippen molar-refractivity contribution in [3.8, 4) is 0 Å². The van der Waals surface area contributed by atoms with Crippen LogP contribution in [-0.4, -0.2) is 57.0 Å². The molecule has 3 rings (SSSR count). The van der Waals surface area contributed by atoms with E-state index in [4.69, 9.17) is 11.6 Å². The average Bonchev–Trinajstić information content (AvgIpc) is 3.07. The maximum Gasteiger partial charge on any atom is 0.417 e. The van der Waals surface area contributed by atoms with Gasteiger partial charge in [0.2, 0.25) is 5.91 Å². The minimum atomic E-state index is -4.48. The second kappa shape index (κ2) is 6.87. The Hall–Kier alpha value is -2.36. The molecule has 1 amide bonds. The number of aromatic nitrogens is 4. The number of carbonyl (C=O) groups excluding carboxylic acids is 1. The minimum Gasteiger partial charge on any atom is -0.352 e. The highest BCUT2D eigenvalue weighted by molar-refractivity contribution is 6.33. The van der Waals surface area contributed by atoms with Crippen molar-refractivity contribution in [2.45, 2.75) is 12.7 Å².